The summed E-state index contributed by atoms with van der Waals surface area (Å²) in [6.07, 6.45) is 0.340. The Kier molecular flexibility index (Phi) is 4.80. The van der Waals surface area contributed by atoms with Crippen LogP contribution < -0.4 is 4.74 Å². The van der Waals surface area contributed by atoms with E-state index < -0.39 is 0 Å². The number of benzene rings is 2. The minimum Gasteiger partial charge on any atom is -0.489 e. The highest BCUT2D eigenvalue weighted by atomic mass is 16.5. The van der Waals surface area contributed by atoms with Crippen molar-refractivity contribution in [1.29, 1.82) is 0 Å². The highest BCUT2D eigenvalue weighted by Gasteiger charge is 2.04. The van der Waals surface area contributed by atoms with Crippen LogP contribution in [-0.2, 0) is 6.61 Å². The minimum absolute atomic E-state index is 0.385. The molecule has 106 valence electrons. The standard InChI is InChI=1S/C18H22O2/c1-4-18(19)16-7-9-17(10-8-16)20-12-15-6-5-13(2)14(3)11-15/h5-11,18-19H,4,12H2,1-3H3. The Bertz CT molecular complexity index is 558. The van der Waals surface area contributed by atoms with Gasteiger partial charge in [-0.3, -0.25) is 0 Å². The zero-order valence-corrected chi connectivity index (χ0v) is 12.4. The van der Waals surface area contributed by atoms with Crippen molar-refractivity contribution < 1.29 is 9.84 Å². The molecule has 0 amide bonds. The second-order valence-corrected chi connectivity index (χ2v) is 5.20. The molecule has 0 saturated carbocycles. The van der Waals surface area contributed by atoms with Crippen LogP contribution in [0.15, 0.2) is 42.5 Å². The van der Waals surface area contributed by atoms with Crippen molar-refractivity contribution in [3.63, 3.8) is 0 Å². The van der Waals surface area contributed by atoms with Crippen LogP contribution in [0, 0.1) is 13.8 Å². The molecule has 0 radical (unpaired) electrons. The van der Waals surface area contributed by atoms with Gasteiger partial charge in [-0.15, -0.1) is 0 Å². The lowest BCUT2D eigenvalue weighted by Crippen LogP contribution is -1.98. The van der Waals surface area contributed by atoms with E-state index in [0.29, 0.717) is 6.61 Å². The van der Waals surface area contributed by atoms with E-state index in [9.17, 15) is 5.11 Å². The average molecular weight is 270 g/mol. The van der Waals surface area contributed by atoms with E-state index in [4.69, 9.17) is 4.74 Å². The number of hydrogen-bond donors (Lipinski definition) is 1. The molecule has 0 aromatic heterocycles. The normalized spacial score (nSPS) is 12.2. The van der Waals surface area contributed by atoms with Gasteiger partial charge in [0.1, 0.15) is 12.4 Å². The van der Waals surface area contributed by atoms with E-state index in [1.54, 1.807) is 0 Å². The number of aryl methyl sites for hydroxylation is 2. The Balaban J connectivity index is 1.98. The van der Waals surface area contributed by atoms with Crippen molar-refractivity contribution in [3.8, 4) is 5.75 Å². The predicted octanol–water partition coefficient (Wildman–Crippen LogP) is 4.33. The topological polar surface area (TPSA) is 29.5 Å². The Morgan fingerprint density at radius 2 is 1.70 bits per heavy atom. The third-order valence-electron chi connectivity index (χ3n) is 3.63. The van der Waals surface area contributed by atoms with E-state index in [1.807, 2.05) is 31.2 Å². The van der Waals surface area contributed by atoms with Crippen LogP contribution in [0.3, 0.4) is 0 Å². The number of ether oxygens (including phenoxy) is 1. The van der Waals surface area contributed by atoms with Crippen molar-refractivity contribution in [1.82, 2.24) is 0 Å². The zero-order valence-electron chi connectivity index (χ0n) is 12.4. The first-order chi connectivity index (χ1) is 9.60. The summed E-state index contributed by atoms with van der Waals surface area (Å²) < 4.78 is 5.77. The van der Waals surface area contributed by atoms with Gasteiger partial charge >= 0.3 is 0 Å². The van der Waals surface area contributed by atoms with Gasteiger partial charge in [0.25, 0.3) is 0 Å². The maximum absolute atomic E-state index is 9.74. The third kappa shape index (κ3) is 3.61. The number of aliphatic hydroxyl groups excluding tert-OH is 1. The molecule has 0 aliphatic carbocycles. The largest absolute Gasteiger partial charge is 0.489 e. The fourth-order valence-corrected chi connectivity index (χ4v) is 2.08. The van der Waals surface area contributed by atoms with Crippen molar-refractivity contribution in [3.05, 3.63) is 64.7 Å². The molecular formula is C18H22O2. The number of hydrogen-bond acceptors (Lipinski definition) is 2. The molecule has 0 aliphatic rings. The van der Waals surface area contributed by atoms with Crippen LogP contribution in [-0.4, -0.2) is 5.11 Å². The molecule has 0 bridgehead atoms. The Morgan fingerprint density at radius 3 is 2.30 bits per heavy atom. The van der Waals surface area contributed by atoms with Gasteiger partial charge < -0.3 is 9.84 Å². The molecule has 0 spiro atoms. The van der Waals surface area contributed by atoms with Gasteiger partial charge in [0.05, 0.1) is 6.10 Å². The Hall–Kier alpha value is -1.80. The van der Waals surface area contributed by atoms with Gasteiger partial charge in [0, 0.05) is 0 Å². The average Bonchev–Trinajstić information content (AvgIpc) is 2.48. The molecule has 2 heteroatoms. The summed E-state index contributed by atoms with van der Waals surface area (Å²) in [5, 5.41) is 9.74. The number of rotatable bonds is 5. The zero-order chi connectivity index (χ0) is 14.5. The SMILES string of the molecule is CCC(O)c1ccc(OCc2ccc(C)c(C)c2)cc1. The van der Waals surface area contributed by atoms with Gasteiger partial charge in [-0.05, 0) is 54.7 Å². The summed E-state index contributed by atoms with van der Waals surface area (Å²) in [6, 6.07) is 14.0. The first kappa shape index (κ1) is 14.6. The van der Waals surface area contributed by atoms with Crippen LogP contribution in [0.1, 0.15) is 41.7 Å². The molecule has 2 aromatic rings. The molecule has 0 heterocycles. The van der Waals surface area contributed by atoms with Crippen LogP contribution in [0.25, 0.3) is 0 Å². The second-order valence-electron chi connectivity index (χ2n) is 5.20. The Morgan fingerprint density at radius 1 is 1.00 bits per heavy atom. The molecule has 0 saturated heterocycles. The molecule has 0 fully saturated rings. The molecule has 20 heavy (non-hydrogen) atoms. The predicted molar refractivity (Wildman–Crippen MR) is 81.9 cm³/mol. The molecule has 1 unspecified atom stereocenters. The molecule has 0 aliphatic heterocycles. The van der Waals surface area contributed by atoms with E-state index in [0.717, 1.165) is 17.7 Å². The third-order valence-corrected chi connectivity index (χ3v) is 3.63. The lowest BCUT2D eigenvalue weighted by molar-refractivity contribution is 0.173. The van der Waals surface area contributed by atoms with Gasteiger partial charge in [0.15, 0.2) is 0 Å². The van der Waals surface area contributed by atoms with E-state index in [-0.39, 0.29) is 6.10 Å². The van der Waals surface area contributed by atoms with Crippen LogP contribution in [0.5, 0.6) is 5.75 Å². The molecular weight excluding hydrogens is 248 g/mol. The highest BCUT2D eigenvalue weighted by Crippen LogP contribution is 2.20. The summed E-state index contributed by atoms with van der Waals surface area (Å²) in [5.41, 5.74) is 4.69. The van der Waals surface area contributed by atoms with Crippen molar-refractivity contribution in [2.24, 2.45) is 0 Å². The smallest absolute Gasteiger partial charge is 0.119 e. The van der Waals surface area contributed by atoms with E-state index in [1.165, 1.54) is 16.7 Å². The summed E-state index contributed by atoms with van der Waals surface area (Å²) in [4.78, 5) is 0. The van der Waals surface area contributed by atoms with Crippen molar-refractivity contribution >= 4 is 0 Å². The highest BCUT2D eigenvalue weighted by molar-refractivity contribution is 5.31. The van der Waals surface area contributed by atoms with Crippen LogP contribution in [0.4, 0.5) is 0 Å². The van der Waals surface area contributed by atoms with E-state index in [2.05, 4.69) is 32.0 Å². The summed E-state index contributed by atoms with van der Waals surface area (Å²) in [6.45, 7) is 6.75. The molecule has 1 atom stereocenters. The minimum atomic E-state index is -0.385. The molecule has 2 rings (SSSR count). The lowest BCUT2D eigenvalue weighted by Gasteiger charge is -2.11. The molecule has 2 aromatic carbocycles. The second kappa shape index (κ2) is 6.58. The van der Waals surface area contributed by atoms with Gasteiger partial charge in [-0.2, -0.15) is 0 Å². The fraction of sp³-hybridized carbons (Fsp3) is 0.333. The summed E-state index contributed by atoms with van der Waals surface area (Å²) in [7, 11) is 0. The maximum atomic E-state index is 9.74. The molecule has 2 nitrogen and oxygen atoms in total. The lowest BCUT2D eigenvalue weighted by atomic mass is 10.1. The van der Waals surface area contributed by atoms with E-state index >= 15 is 0 Å². The first-order valence-electron chi connectivity index (χ1n) is 7.07. The summed E-state index contributed by atoms with van der Waals surface area (Å²) >= 11 is 0. The van der Waals surface area contributed by atoms with Crippen molar-refractivity contribution in [2.45, 2.75) is 39.9 Å². The van der Waals surface area contributed by atoms with Gasteiger partial charge in [-0.25, -0.2) is 0 Å². The number of aliphatic hydroxyl groups is 1. The maximum Gasteiger partial charge on any atom is 0.119 e. The Labute approximate surface area is 121 Å². The van der Waals surface area contributed by atoms with Crippen LogP contribution >= 0.6 is 0 Å². The first-order valence-corrected chi connectivity index (χ1v) is 7.07. The van der Waals surface area contributed by atoms with Crippen LogP contribution in [0.2, 0.25) is 0 Å². The molecule has 1 N–H and O–H groups in total. The fourth-order valence-electron chi connectivity index (χ4n) is 2.08. The monoisotopic (exact) mass is 270 g/mol. The van der Waals surface area contributed by atoms with Gasteiger partial charge in [-0.1, -0.05) is 37.3 Å². The van der Waals surface area contributed by atoms with Gasteiger partial charge in [0.2, 0.25) is 0 Å². The van der Waals surface area contributed by atoms with Crippen molar-refractivity contribution in [2.75, 3.05) is 0 Å². The quantitative estimate of drug-likeness (QED) is 0.876. The summed E-state index contributed by atoms with van der Waals surface area (Å²) in [5.74, 6) is 0.829.